The Bertz CT molecular complexity index is 914. The van der Waals surface area contributed by atoms with Gasteiger partial charge in [-0.1, -0.05) is 11.6 Å². The van der Waals surface area contributed by atoms with Crippen molar-refractivity contribution in [1.82, 2.24) is 19.6 Å². The van der Waals surface area contributed by atoms with Crippen LogP contribution in [-0.2, 0) is 20.7 Å². The lowest BCUT2D eigenvalue weighted by atomic mass is 10.1. The number of hydrogen-bond acceptors (Lipinski definition) is 5. The molecule has 0 bridgehead atoms. The summed E-state index contributed by atoms with van der Waals surface area (Å²) in [6.07, 6.45) is 0.168. The van der Waals surface area contributed by atoms with E-state index in [0.29, 0.717) is 18.1 Å². The quantitative estimate of drug-likeness (QED) is 0.579. The fourth-order valence-electron chi connectivity index (χ4n) is 3.17. The third kappa shape index (κ3) is 7.36. The van der Waals surface area contributed by atoms with Gasteiger partial charge in [0.1, 0.15) is 12.1 Å². The number of halogens is 1. The van der Waals surface area contributed by atoms with Crippen molar-refractivity contribution in [2.75, 3.05) is 33.7 Å². The van der Waals surface area contributed by atoms with Crippen molar-refractivity contribution in [2.45, 2.75) is 46.6 Å². The van der Waals surface area contributed by atoms with E-state index in [1.54, 1.807) is 4.90 Å². The normalized spacial score (nSPS) is 11.6. The lowest BCUT2D eigenvalue weighted by Gasteiger charge is -2.26. The molecule has 170 valence electrons. The highest BCUT2D eigenvalue weighted by Gasteiger charge is 2.24. The van der Waals surface area contributed by atoms with E-state index in [0.717, 1.165) is 22.6 Å². The van der Waals surface area contributed by atoms with Crippen LogP contribution in [0.2, 0.25) is 5.02 Å². The second kappa shape index (κ2) is 10.3. The fourth-order valence-corrected chi connectivity index (χ4v) is 3.30. The van der Waals surface area contributed by atoms with Crippen LogP contribution < -0.4 is 0 Å². The number of aryl methyl sites for hydroxylation is 1. The average molecular weight is 449 g/mol. The van der Waals surface area contributed by atoms with Crippen LogP contribution in [0.25, 0.3) is 5.69 Å². The van der Waals surface area contributed by atoms with Crippen molar-refractivity contribution in [1.29, 1.82) is 0 Å². The first-order valence-corrected chi connectivity index (χ1v) is 10.7. The van der Waals surface area contributed by atoms with Crippen molar-refractivity contribution >= 4 is 23.5 Å². The van der Waals surface area contributed by atoms with E-state index in [1.165, 1.54) is 0 Å². The molecule has 2 aromatic rings. The summed E-state index contributed by atoms with van der Waals surface area (Å²) in [6, 6.07) is 7.39. The number of aromatic nitrogens is 2. The highest BCUT2D eigenvalue weighted by Crippen LogP contribution is 2.21. The standard InChI is InChI=1S/C23H33ClN4O3/c1-16-20(17(2)28(25-16)19-10-8-18(24)9-11-19)14-21(29)27(13-12-26(6)7)15-22(30)31-23(3,4)5/h8-11H,12-15H2,1-7H3. The lowest BCUT2D eigenvalue weighted by Crippen LogP contribution is -2.42. The van der Waals surface area contributed by atoms with Crippen molar-refractivity contribution in [3.05, 3.63) is 46.2 Å². The highest BCUT2D eigenvalue weighted by molar-refractivity contribution is 6.30. The minimum Gasteiger partial charge on any atom is -0.459 e. The van der Waals surface area contributed by atoms with E-state index < -0.39 is 11.6 Å². The molecule has 0 spiro atoms. The predicted octanol–water partition coefficient (Wildman–Crippen LogP) is 3.42. The number of hydrogen-bond donors (Lipinski definition) is 0. The second-order valence-corrected chi connectivity index (χ2v) is 9.36. The van der Waals surface area contributed by atoms with Gasteiger partial charge in [0.25, 0.3) is 0 Å². The Kier molecular flexibility index (Phi) is 8.26. The van der Waals surface area contributed by atoms with Gasteiger partial charge in [-0.05, 0) is 73.0 Å². The number of nitrogens with zero attached hydrogens (tertiary/aromatic N) is 4. The van der Waals surface area contributed by atoms with Gasteiger partial charge in [0.15, 0.2) is 0 Å². The molecule has 1 aromatic heterocycles. The van der Waals surface area contributed by atoms with Gasteiger partial charge in [-0.2, -0.15) is 5.10 Å². The molecule has 0 saturated carbocycles. The molecule has 0 N–H and O–H groups in total. The minimum atomic E-state index is -0.597. The van der Waals surface area contributed by atoms with E-state index in [9.17, 15) is 9.59 Å². The zero-order valence-electron chi connectivity index (χ0n) is 19.5. The summed E-state index contributed by atoms with van der Waals surface area (Å²) in [5, 5.41) is 5.26. The molecule has 0 aliphatic rings. The molecule has 0 aliphatic heterocycles. The maximum atomic E-state index is 13.2. The predicted molar refractivity (Wildman–Crippen MR) is 123 cm³/mol. The molecule has 0 fully saturated rings. The third-order valence-corrected chi connectivity index (χ3v) is 5.00. The maximum Gasteiger partial charge on any atom is 0.326 e. The number of carbonyl (C=O) groups excluding carboxylic acids is 2. The Hall–Kier alpha value is -2.38. The first-order valence-electron chi connectivity index (χ1n) is 10.3. The van der Waals surface area contributed by atoms with Gasteiger partial charge in [-0.25, -0.2) is 4.68 Å². The summed E-state index contributed by atoms with van der Waals surface area (Å²) >= 11 is 5.99. The van der Waals surface area contributed by atoms with Crippen molar-refractivity contribution in [3.8, 4) is 5.69 Å². The van der Waals surface area contributed by atoms with Gasteiger partial charge >= 0.3 is 5.97 Å². The summed E-state index contributed by atoms with van der Waals surface area (Å²) in [6.45, 7) is 10.3. The van der Waals surface area contributed by atoms with Crippen molar-refractivity contribution in [2.24, 2.45) is 0 Å². The molecule has 2 rings (SSSR count). The van der Waals surface area contributed by atoms with Crippen LogP contribution in [0.1, 0.15) is 37.7 Å². The van der Waals surface area contributed by atoms with Gasteiger partial charge in [-0.3, -0.25) is 9.59 Å². The molecule has 0 aliphatic carbocycles. The molecule has 0 unspecified atom stereocenters. The van der Waals surface area contributed by atoms with E-state index in [2.05, 4.69) is 5.10 Å². The molecular weight excluding hydrogens is 416 g/mol. The second-order valence-electron chi connectivity index (χ2n) is 8.92. The summed E-state index contributed by atoms with van der Waals surface area (Å²) in [4.78, 5) is 29.1. The monoisotopic (exact) mass is 448 g/mol. The summed E-state index contributed by atoms with van der Waals surface area (Å²) in [5.74, 6) is -0.542. The number of ether oxygens (including phenoxy) is 1. The Morgan fingerprint density at radius 1 is 1.10 bits per heavy atom. The van der Waals surface area contributed by atoms with Gasteiger partial charge < -0.3 is 14.5 Å². The topological polar surface area (TPSA) is 67.7 Å². The lowest BCUT2D eigenvalue weighted by molar-refractivity contribution is -0.158. The Labute approximate surface area is 189 Å². The Morgan fingerprint density at radius 3 is 2.26 bits per heavy atom. The number of benzene rings is 1. The summed E-state index contributed by atoms with van der Waals surface area (Å²) in [5.41, 5.74) is 2.81. The van der Waals surface area contributed by atoms with Gasteiger partial charge in [0, 0.05) is 29.4 Å². The molecule has 1 amide bonds. The van der Waals surface area contributed by atoms with Crippen LogP contribution in [0.3, 0.4) is 0 Å². The smallest absolute Gasteiger partial charge is 0.326 e. The minimum absolute atomic E-state index is 0.0760. The number of likely N-dealkylation sites (N-methyl/N-ethyl adjacent to an activating group) is 1. The molecule has 7 nitrogen and oxygen atoms in total. The largest absolute Gasteiger partial charge is 0.459 e. The SMILES string of the molecule is Cc1nn(-c2ccc(Cl)cc2)c(C)c1CC(=O)N(CCN(C)C)CC(=O)OC(C)(C)C. The van der Waals surface area contributed by atoms with Crippen molar-refractivity contribution < 1.29 is 14.3 Å². The highest BCUT2D eigenvalue weighted by atomic mass is 35.5. The maximum absolute atomic E-state index is 13.2. The first kappa shape index (κ1) is 24.9. The zero-order chi connectivity index (χ0) is 23.3. The van der Waals surface area contributed by atoms with Crippen LogP contribution in [0.4, 0.5) is 0 Å². The van der Waals surface area contributed by atoms with Gasteiger partial charge in [-0.15, -0.1) is 0 Å². The average Bonchev–Trinajstić information content (AvgIpc) is 2.92. The van der Waals surface area contributed by atoms with E-state index in [1.807, 2.05) is 82.6 Å². The van der Waals surface area contributed by atoms with E-state index >= 15 is 0 Å². The molecular formula is C23H33ClN4O3. The van der Waals surface area contributed by atoms with Crippen molar-refractivity contribution in [3.63, 3.8) is 0 Å². The molecule has 1 heterocycles. The zero-order valence-corrected chi connectivity index (χ0v) is 20.3. The van der Waals surface area contributed by atoms with Crippen LogP contribution >= 0.6 is 11.6 Å². The van der Waals surface area contributed by atoms with Crippen LogP contribution in [0, 0.1) is 13.8 Å². The fraction of sp³-hybridized carbons (Fsp3) is 0.522. The van der Waals surface area contributed by atoms with E-state index in [-0.39, 0.29) is 18.9 Å². The molecule has 8 heteroatoms. The Balaban J connectivity index is 2.21. The summed E-state index contributed by atoms with van der Waals surface area (Å²) < 4.78 is 7.23. The van der Waals surface area contributed by atoms with Crippen LogP contribution in [0.15, 0.2) is 24.3 Å². The van der Waals surface area contributed by atoms with Crippen LogP contribution in [-0.4, -0.2) is 70.8 Å². The third-order valence-electron chi connectivity index (χ3n) is 4.75. The first-order chi connectivity index (χ1) is 14.4. The Morgan fingerprint density at radius 2 is 1.71 bits per heavy atom. The number of carbonyl (C=O) groups is 2. The number of rotatable bonds is 8. The molecule has 0 radical (unpaired) electrons. The summed E-state index contributed by atoms with van der Waals surface area (Å²) in [7, 11) is 3.86. The van der Waals surface area contributed by atoms with Gasteiger partial charge in [0.2, 0.25) is 5.91 Å². The van der Waals surface area contributed by atoms with Crippen LogP contribution in [0.5, 0.6) is 0 Å². The molecule has 0 saturated heterocycles. The molecule has 0 atom stereocenters. The number of amides is 1. The molecule has 1 aromatic carbocycles. The van der Waals surface area contributed by atoms with Gasteiger partial charge in [0.05, 0.1) is 17.8 Å². The van der Waals surface area contributed by atoms with E-state index in [4.69, 9.17) is 16.3 Å². The number of esters is 1. The molecule has 31 heavy (non-hydrogen) atoms.